The lowest BCUT2D eigenvalue weighted by atomic mass is 10.1. The fraction of sp³-hybridized carbons (Fsp3) is 0.0667. The molecule has 1 N–H and O–H groups in total. The quantitative estimate of drug-likeness (QED) is 0.885. The van der Waals surface area contributed by atoms with Crippen LogP contribution in [0.15, 0.2) is 54.6 Å². The maximum atomic E-state index is 9.19. The van der Waals surface area contributed by atoms with Crippen molar-refractivity contribution in [3.63, 3.8) is 0 Å². The number of nitrogens with one attached hydrogen (secondary N) is 1. The lowest BCUT2D eigenvalue weighted by Crippen LogP contribution is -2.08. The molecule has 86 valence electrons. The molecule has 0 radical (unpaired) electrons. The van der Waals surface area contributed by atoms with E-state index in [4.69, 9.17) is 5.26 Å². The zero-order chi connectivity index (χ0) is 12.8. The van der Waals surface area contributed by atoms with Gasteiger partial charge in [-0.2, -0.15) is 10.5 Å². The van der Waals surface area contributed by atoms with Crippen molar-refractivity contribution in [2.24, 2.45) is 0 Å². The van der Waals surface area contributed by atoms with E-state index in [1.165, 1.54) is 0 Å². The molecule has 1 atom stereocenters. The molecule has 0 aromatic heterocycles. The van der Waals surface area contributed by atoms with Crippen LogP contribution in [0.2, 0.25) is 0 Å². The Morgan fingerprint density at radius 2 is 1.56 bits per heavy atom. The van der Waals surface area contributed by atoms with E-state index >= 15 is 0 Å². The normalized spacial score (nSPS) is 11.0. The van der Waals surface area contributed by atoms with Crippen molar-refractivity contribution in [1.29, 1.82) is 10.5 Å². The molecule has 0 bridgehead atoms. The van der Waals surface area contributed by atoms with Gasteiger partial charge in [-0.1, -0.05) is 30.3 Å². The second kappa shape index (κ2) is 5.52. The molecular weight excluding hydrogens is 222 g/mol. The standard InChI is InChI=1S/C15H11N3/c16-10-12-6-8-13(9-7-12)15(11-17)18-14-4-2-1-3-5-14/h1-9,15,18H. The van der Waals surface area contributed by atoms with Crippen LogP contribution in [-0.4, -0.2) is 0 Å². The molecule has 2 aromatic carbocycles. The van der Waals surface area contributed by atoms with Crippen molar-refractivity contribution in [1.82, 2.24) is 0 Å². The predicted molar refractivity (Wildman–Crippen MR) is 69.6 cm³/mol. The summed E-state index contributed by atoms with van der Waals surface area (Å²) in [4.78, 5) is 0. The molecule has 3 heteroatoms. The topological polar surface area (TPSA) is 59.6 Å². The molecular formula is C15H11N3. The monoisotopic (exact) mass is 233 g/mol. The third-order valence-electron chi connectivity index (χ3n) is 2.59. The Labute approximate surface area is 106 Å². The summed E-state index contributed by atoms with van der Waals surface area (Å²) in [5.74, 6) is 0. The number of para-hydroxylation sites is 1. The van der Waals surface area contributed by atoms with Gasteiger partial charge in [-0.05, 0) is 29.8 Å². The van der Waals surface area contributed by atoms with E-state index < -0.39 is 6.04 Å². The van der Waals surface area contributed by atoms with E-state index in [1.807, 2.05) is 30.3 Å². The molecule has 0 heterocycles. The number of hydrogen-bond acceptors (Lipinski definition) is 3. The molecule has 1 unspecified atom stereocenters. The number of nitriles is 2. The highest BCUT2D eigenvalue weighted by atomic mass is 14.9. The number of anilines is 1. The Morgan fingerprint density at radius 1 is 0.889 bits per heavy atom. The minimum absolute atomic E-state index is 0.417. The van der Waals surface area contributed by atoms with E-state index in [-0.39, 0.29) is 0 Å². The van der Waals surface area contributed by atoms with Crippen molar-refractivity contribution >= 4 is 5.69 Å². The summed E-state index contributed by atoms with van der Waals surface area (Å²) in [6.07, 6.45) is 0. The number of nitrogens with zero attached hydrogens (tertiary/aromatic N) is 2. The van der Waals surface area contributed by atoms with E-state index in [0.717, 1.165) is 11.3 Å². The highest BCUT2D eigenvalue weighted by molar-refractivity contribution is 5.47. The first-order valence-electron chi connectivity index (χ1n) is 5.55. The summed E-state index contributed by atoms with van der Waals surface area (Å²) >= 11 is 0. The summed E-state index contributed by atoms with van der Waals surface area (Å²) in [6, 6.07) is 20.4. The fourth-order valence-corrected chi connectivity index (χ4v) is 1.64. The molecule has 0 saturated carbocycles. The molecule has 0 fully saturated rings. The van der Waals surface area contributed by atoms with Gasteiger partial charge in [0.25, 0.3) is 0 Å². The van der Waals surface area contributed by atoms with Crippen molar-refractivity contribution in [2.45, 2.75) is 6.04 Å². The van der Waals surface area contributed by atoms with Crippen LogP contribution in [0.1, 0.15) is 17.2 Å². The molecule has 2 rings (SSSR count). The zero-order valence-electron chi connectivity index (χ0n) is 9.67. The van der Waals surface area contributed by atoms with Gasteiger partial charge < -0.3 is 5.32 Å². The van der Waals surface area contributed by atoms with Gasteiger partial charge in [0.1, 0.15) is 6.04 Å². The summed E-state index contributed by atoms with van der Waals surface area (Å²) in [6.45, 7) is 0. The van der Waals surface area contributed by atoms with Crippen molar-refractivity contribution in [3.05, 3.63) is 65.7 Å². The maximum absolute atomic E-state index is 9.19. The highest BCUT2D eigenvalue weighted by Gasteiger charge is 2.09. The van der Waals surface area contributed by atoms with Crippen LogP contribution in [0.4, 0.5) is 5.69 Å². The Bertz CT molecular complexity index is 588. The Kier molecular flexibility index (Phi) is 3.59. The van der Waals surface area contributed by atoms with Crippen LogP contribution in [-0.2, 0) is 0 Å². The average Bonchev–Trinajstić information content (AvgIpc) is 2.46. The minimum Gasteiger partial charge on any atom is -0.366 e. The van der Waals surface area contributed by atoms with E-state index in [1.54, 1.807) is 24.3 Å². The minimum atomic E-state index is -0.417. The molecule has 18 heavy (non-hydrogen) atoms. The summed E-state index contributed by atoms with van der Waals surface area (Å²) < 4.78 is 0. The predicted octanol–water partition coefficient (Wildman–Crippen LogP) is 3.24. The highest BCUT2D eigenvalue weighted by Crippen LogP contribution is 2.19. The Balaban J connectivity index is 2.19. The smallest absolute Gasteiger partial charge is 0.140 e. The second-order valence-electron chi connectivity index (χ2n) is 3.81. The molecule has 2 aromatic rings. The summed E-state index contributed by atoms with van der Waals surface area (Å²) in [5, 5.41) is 21.1. The van der Waals surface area contributed by atoms with Gasteiger partial charge in [-0.25, -0.2) is 0 Å². The summed E-state index contributed by atoms with van der Waals surface area (Å²) in [7, 11) is 0. The van der Waals surface area contributed by atoms with Crippen LogP contribution in [0.3, 0.4) is 0 Å². The van der Waals surface area contributed by atoms with Crippen LogP contribution < -0.4 is 5.32 Å². The summed E-state index contributed by atoms with van der Waals surface area (Å²) in [5.41, 5.74) is 2.34. The zero-order valence-corrected chi connectivity index (χ0v) is 9.67. The molecule has 3 nitrogen and oxygen atoms in total. The van der Waals surface area contributed by atoms with Gasteiger partial charge in [-0.15, -0.1) is 0 Å². The van der Waals surface area contributed by atoms with Gasteiger partial charge >= 0.3 is 0 Å². The lowest BCUT2D eigenvalue weighted by molar-refractivity contribution is 0.997. The first kappa shape index (κ1) is 11.7. The van der Waals surface area contributed by atoms with E-state index in [0.29, 0.717) is 5.56 Å². The van der Waals surface area contributed by atoms with E-state index in [9.17, 15) is 5.26 Å². The molecule has 0 saturated heterocycles. The molecule has 0 aliphatic heterocycles. The fourth-order valence-electron chi connectivity index (χ4n) is 1.64. The van der Waals surface area contributed by atoms with Crippen molar-refractivity contribution in [3.8, 4) is 12.1 Å². The first-order valence-corrected chi connectivity index (χ1v) is 5.55. The van der Waals surface area contributed by atoms with Gasteiger partial charge in [0.2, 0.25) is 0 Å². The Morgan fingerprint density at radius 3 is 2.11 bits per heavy atom. The number of rotatable bonds is 3. The third kappa shape index (κ3) is 2.66. The first-order chi connectivity index (χ1) is 8.83. The van der Waals surface area contributed by atoms with Crippen LogP contribution in [0.25, 0.3) is 0 Å². The molecule has 0 spiro atoms. The van der Waals surface area contributed by atoms with Crippen molar-refractivity contribution in [2.75, 3.05) is 5.32 Å². The van der Waals surface area contributed by atoms with Gasteiger partial charge in [-0.3, -0.25) is 0 Å². The molecule has 0 amide bonds. The average molecular weight is 233 g/mol. The largest absolute Gasteiger partial charge is 0.366 e. The van der Waals surface area contributed by atoms with Gasteiger partial charge in [0.05, 0.1) is 17.7 Å². The SMILES string of the molecule is N#Cc1ccc(C(C#N)Nc2ccccc2)cc1. The van der Waals surface area contributed by atoms with Gasteiger partial charge in [0.15, 0.2) is 0 Å². The molecule has 0 aliphatic rings. The van der Waals surface area contributed by atoms with E-state index in [2.05, 4.69) is 17.5 Å². The van der Waals surface area contributed by atoms with Crippen LogP contribution in [0, 0.1) is 22.7 Å². The third-order valence-corrected chi connectivity index (χ3v) is 2.59. The van der Waals surface area contributed by atoms with Gasteiger partial charge in [0, 0.05) is 5.69 Å². The number of benzene rings is 2. The molecule has 0 aliphatic carbocycles. The van der Waals surface area contributed by atoms with Crippen LogP contribution in [0.5, 0.6) is 0 Å². The number of hydrogen-bond donors (Lipinski definition) is 1. The Hall–Kier alpha value is -2.78. The maximum Gasteiger partial charge on any atom is 0.140 e. The van der Waals surface area contributed by atoms with Crippen molar-refractivity contribution < 1.29 is 0 Å². The second-order valence-corrected chi connectivity index (χ2v) is 3.81. The van der Waals surface area contributed by atoms with Crippen LogP contribution >= 0.6 is 0 Å². The lowest BCUT2D eigenvalue weighted by Gasteiger charge is -2.13.